The molecule has 0 heterocycles. The molecule has 0 saturated heterocycles. The number of fused-ring (bicyclic) bond motifs is 1. The van der Waals surface area contributed by atoms with Crippen molar-refractivity contribution in [2.24, 2.45) is 0 Å². The molecule has 0 heteroatoms. The van der Waals surface area contributed by atoms with Crippen LogP contribution in [0.2, 0.25) is 0 Å². The Kier molecular flexibility index (Phi) is 4.19. The van der Waals surface area contributed by atoms with Crippen LogP contribution < -0.4 is 0 Å². The molecule has 0 spiro atoms. The van der Waals surface area contributed by atoms with Gasteiger partial charge in [0.25, 0.3) is 0 Å². The largest absolute Gasteiger partial charge is 0.0810 e. The van der Waals surface area contributed by atoms with E-state index in [4.69, 9.17) is 0 Å². The van der Waals surface area contributed by atoms with E-state index in [0.29, 0.717) is 0 Å². The first-order chi connectivity index (χ1) is 8.35. The van der Waals surface area contributed by atoms with Gasteiger partial charge >= 0.3 is 0 Å². The second-order valence-electron chi connectivity index (χ2n) is 4.81. The zero-order valence-corrected chi connectivity index (χ0v) is 11.0. The summed E-state index contributed by atoms with van der Waals surface area (Å²) in [6.07, 6.45) is 10.9. The molecule has 1 aliphatic carbocycles. The molecule has 1 aromatic rings. The van der Waals surface area contributed by atoms with Crippen LogP contribution in [0.3, 0.4) is 0 Å². The van der Waals surface area contributed by atoms with Gasteiger partial charge in [-0.2, -0.15) is 0 Å². The van der Waals surface area contributed by atoms with Crippen LogP contribution >= 0.6 is 0 Å². The molecule has 90 valence electrons. The molecule has 0 N–H and O–H groups in total. The maximum Gasteiger partial charge on any atom is -0.00170 e. The van der Waals surface area contributed by atoms with Crippen LogP contribution in [-0.4, -0.2) is 0 Å². The molecule has 0 aromatic heterocycles. The molecule has 0 fully saturated rings. The normalized spacial score (nSPS) is 14.7. The third kappa shape index (κ3) is 2.88. The lowest BCUT2D eigenvalue weighted by Gasteiger charge is -2.07. The number of allylic oxidation sites excluding steroid dienone is 3. The van der Waals surface area contributed by atoms with E-state index >= 15 is 0 Å². The van der Waals surface area contributed by atoms with Gasteiger partial charge in [-0.25, -0.2) is 0 Å². The first-order valence-corrected chi connectivity index (χ1v) is 6.83. The van der Waals surface area contributed by atoms with Crippen molar-refractivity contribution >= 4 is 6.08 Å². The lowest BCUT2D eigenvalue weighted by molar-refractivity contribution is 0.877. The van der Waals surface area contributed by atoms with Gasteiger partial charge in [-0.05, 0) is 41.5 Å². The number of hydrogen-bond donors (Lipinski definition) is 0. The maximum absolute atomic E-state index is 2.45. The zero-order valence-electron chi connectivity index (χ0n) is 11.0. The highest BCUT2D eigenvalue weighted by atomic mass is 14.2. The van der Waals surface area contributed by atoms with E-state index in [1.165, 1.54) is 36.8 Å². The minimum absolute atomic E-state index is 1.13. The van der Waals surface area contributed by atoms with E-state index in [1.54, 1.807) is 11.1 Å². The van der Waals surface area contributed by atoms with Gasteiger partial charge in [-0.1, -0.05) is 63.1 Å². The van der Waals surface area contributed by atoms with Crippen molar-refractivity contribution in [2.45, 2.75) is 46.0 Å². The Labute approximate surface area is 105 Å². The minimum Gasteiger partial charge on any atom is -0.0810 e. The molecular weight excluding hydrogens is 204 g/mol. The smallest absolute Gasteiger partial charge is 0.00170 e. The summed E-state index contributed by atoms with van der Waals surface area (Å²) in [5.74, 6) is 0. The first-order valence-electron chi connectivity index (χ1n) is 6.83. The summed E-state index contributed by atoms with van der Waals surface area (Å²) in [7, 11) is 0. The molecule has 1 aromatic carbocycles. The van der Waals surface area contributed by atoms with E-state index in [0.717, 1.165) is 6.42 Å². The highest BCUT2D eigenvalue weighted by Gasteiger charge is 2.14. The van der Waals surface area contributed by atoms with E-state index < -0.39 is 0 Å². The van der Waals surface area contributed by atoms with Crippen LogP contribution in [0.5, 0.6) is 0 Å². The summed E-state index contributed by atoms with van der Waals surface area (Å²) in [6, 6.07) is 8.76. The summed E-state index contributed by atoms with van der Waals surface area (Å²) in [5, 5.41) is 0. The Morgan fingerprint density at radius 1 is 1.18 bits per heavy atom. The van der Waals surface area contributed by atoms with Crippen molar-refractivity contribution < 1.29 is 0 Å². The molecule has 0 saturated carbocycles. The van der Waals surface area contributed by atoms with Crippen molar-refractivity contribution in [3.05, 3.63) is 52.6 Å². The fourth-order valence-electron chi connectivity index (χ4n) is 2.47. The van der Waals surface area contributed by atoms with Gasteiger partial charge in [0.15, 0.2) is 0 Å². The van der Waals surface area contributed by atoms with Crippen molar-refractivity contribution in [3.63, 3.8) is 0 Å². The van der Waals surface area contributed by atoms with Gasteiger partial charge in [0, 0.05) is 0 Å². The predicted molar refractivity (Wildman–Crippen MR) is 76.0 cm³/mol. The van der Waals surface area contributed by atoms with Crippen LogP contribution in [0.1, 0.15) is 50.7 Å². The molecule has 0 radical (unpaired) electrons. The maximum atomic E-state index is 2.45. The van der Waals surface area contributed by atoms with Gasteiger partial charge < -0.3 is 0 Å². The fraction of sp³-hybridized carbons (Fsp3) is 0.412. The van der Waals surface area contributed by atoms with E-state index in [9.17, 15) is 0 Å². The van der Waals surface area contributed by atoms with Crippen molar-refractivity contribution in [1.82, 2.24) is 0 Å². The third-order valence-corrected chi connectivity index (χ3v) is 3.38. The summed E-state index contributed by atoms with van der Waals surface area (Å²) in [5.41, 5.74) is 6.02. The molecule has 2 rings (SSSR count). The van der Waals surface area contributed by atoms with Gasteiger partial charge in [0.1, 0.15) is 0 Å². The monoisotopic (exact) mass is 226 g/mol. The zero-order chi connectivity index (χ0) is 12.1. The van der Waals surface area contributed by atoms with Crippen LogP contribution in [0.25, 0.3) is 6.08 Å². The molecular formula is C17H22. The Bertz CT molecular complexity index is 435. The second-order valence-corrected chi connectivity index (χ2v) is 4.81. The molecule has 1 aliphatic rings. The molecule has 0 amide bonds. The van der Waals surface area contributed by atoms with Gasteiger partial charge in [-0.3, -0.25) is 0 Å². The second kappa shape index (κ2) is 5.86. The summed E-state index contributed by atoms with van der Waals surface area (Å²) >= 11 is 0. The number of unbranched alkanes of at least 4 members (excludes halogenated alkanes) is 1. The predicted octanol–water partition coefficient (Wildman–Crippen LogP) is 5.15. The fourth-order valence-corrected chi connectivity index (χ4v) is 2.47. The van der Waals surface area contributed by atoms with Crippen molar-refractivity contribution in [1.29, 1.82) is 0 Å². The first kappa shape index (κ1) is 12.2. The Balaban J connectivity index is 2.18. The number of hydrogen-bond acceptors (Lipinski definition) is 0. The molecule has 17 heavy (non-hydrogen) atoms. The Morgan fingerprint density at radius 2 is 2.00 bits per heavy atom. The number of benzene rings is 1. The van der Waals surface area contributed by atoms with Crippen molar-refractivity contribution in [3.8, 4) is 0 Å². The van der Waals surface area contributed by atoms with Gasteiger partial charge in [0.2, 0.25) is 0 Å². The highest BCUT2D eigenvalue weighted by molar-refractivity contribution is 5.68. The molecule has 0 unspecified atom stereocenters. The van der Waals surface area contributed by atoms with Crippen LogP contribution in [0.15, 0.2) is 41.5 Å². The average Bonchev–Trinajstić information content (AvgIpc) is 2.78. The lowest BCUT2D eigenvalue weighted by atomic mass is 9.98. The standard InChI is InChI=1S/C17H22/c1-3-5-9-14(8-4-2)17-12-15-10-6-7-11-16(15)13-17/h6-7,9-12H,3-5,8,13H2,1-2H3/b14-9+. The minimum atomic E-state index is 1.13. The quantitative estimate of drug-likeness (QED) is 0.651. The SMILES string of the molecule is CCC/C=C(\CCC)C1=Cc2ccccc2C1. The summed E-state index contributed by atoms with van der Waals surface area (Å²) in [4.78, 5) is 0. The Morgan fingerprint density at radius 3 is 2.71 bits per heavy atom. The molecule has 0 atom stereocenters. The Hall–Kier alpha value is -1.30. The summed E-state index contributed by atoms with van der Waals surface area (Å²) < 4.78 is 0. The lowest BCUT2D eigenvalue weighted by Crippen LogP contribution is -1.91. The summed E-state index contributed by atoms with van der Waals surface area (Å²) in [6.45, 7) is 4.51. The average molecular weight is 226 g/mol. The van der Waals surface area contributed by atoms with Gasteiger partial charge in [-0.15, -0.1) is 0 Å². The third-order valence-electron chi connectivity index (χ3n) is 3.38. The molecule has 0 nitrogen and oxygen atoms in total. The highest BCUT2D eigenvalue weighted by Crippen LogP contribution is 2.31. The van der Waals surface area contributed by atoms with Crippen LogP contribution in [0.4, 0.5) is 0 Å². The van der Waals surface area contributed by atoms with Crippen LogP contribution in [-0.2, 0) is 6.42 Å². The molecule has 0 aliphatic heterocycles. The topological polar surface area (TPSA) is 0 Å². The molecule has 0 bridgehead atoms. The van der Waals surface area contributed by atoms with E-state index in [1.807, 2.05) is 0 Å². The number of rotatable bonds is 5. The van der Waals surface area contributed by atoms with E-state index in [-0.39, 0.29) is 0 Å². The van der Waals surface area contributed by atoms with Gasteiger partial charge in [0.05, 0.1) is 0 Å². The van der Waals surface area contributed by atoms with E-state index in [2.05, 4.69) is 50.3 Å². The van der Waals surface area contributed by atoms with Crippen LogP contribution in [0, 0.1) is 0 Å². The van der Waals surface area contributed by atoms with Crippen molar-refractivity contribution in [2.75, 3.05) is 0 Å².